The van der Waals surface area contributed by atoms with Crippen LogP contribution in [0, 0.1) is 0 Å². The molecule has 1 N–H and O–H groups in total. The number of fused-ring (bicyclic) bond motifs is 3. The van der Waals surface area contributed by atoms with Crippen molar-refractivity contribution in [2.45, 2.75) is 24.7 Å². The quantitative estimate of drug-likeness (QED) is 0.642. The van der Waals surface area contributed by atoms with Crippen LogP contribution in [0.1, 0.15) is 12.0 Å². The van der Waals surface area contributed by atoms with Gasteiger partial charge in [-0.05, 0) is 24.6 Å². The highest BCUT2D eigenvalue weighted by Gasteiger charge is 2.40. The van der Waals surface area contributed by atoms with Crippen molar-refractivity contribution in [1.82, 2.24) is 19.7 Å². The van der Waals surface area contributed by atoms with Crippen molar-refractivity contribution in [1.29, 1.82) is 0 Å². The SMILES string of the molecule is O=c1[nH]c(N2C[C@@H]3C[C@H]2CO3)nc2nn(-c3ccc(Br)cc3C(F)(F)F)cc12. The van der Waals surface area contributed by atoms with Crippen LogP contribution < -0.4 is 10.5 Å². The number of halogens is 4. The van der Waals surface area contributed by atoms with Crippen molar-refractivity contribution in [2.75, 3.05) is 18.1 Å². The molecule has 146 valence electrons. The van der Waals surface area contributed by atoms with Gasteiger partial charge in [0.1, 0.15) is 5.39 Å². The van der Waals surface area contributed by atoms with Crippen LogP contribution in [0.15, 0.2) is 33.7 Å². The number of alkyl halides is 3. The number of ether oxygens (including phenoxy) is 1. The van der Waals surface area contributed by atoms with Gasteiger partial charge in [-0.15, -0.1) is 5.10 Å². The summed E-state index contributed by atoms with van der Waals surface area (Å²) >= 11 is 3.06. The molecule has 1 aromatic carbocycles. The summed E-state index contributed by atoms with van der Waals surface area (Å²) in [4.78, 5) is 21.6. The molecule has 0 radical (unpaired) electrons. The third kappa shape index (κ3) is 2.80. The van der Waals surface area contributed by atoms with Gasteiger partial charge in [-0.1, -0.05) is 15.9 Å². The Balaban J connectivity index is 1.62. The van der Waals surface area contributed by atoms with Crippen LogP contribution in [0.3, 0.4) is 0 Å². The molecule has 0 amide bonds. The van der Waals surface area contributed by atoms with Crippen molar-refractivity contribution >= 4 is 32.9 Å². The minimum Gasteiger partial charge on any atom is -0.374 e. The van der Waals surface area contributed by atoms with Gasteiger partial charge >= 0.3 is 6.18 Å². The number of nitrogens with zero attached hydrogens (tertiary/aromatic N) is 4. The van der Waals surface area contributed by atoms with Crippen molar-refractivity contribution in [3.8, 4) is 5.69 Å². The monoisotopic (exact) mass is 455 g/mol. The van der Waals surface area contributed by atoms with E-state index in [1.54, 1.807) is 0 Å². The number of aromatic amines is 1. The number of aromatic nitrogens is 4. The Morgan fingerprint density at radius 2 is 2.14 bits per heavy atom. The number of morpholine rings is 1. The number of benzene rings is 1. The minimum atomic E-state index is -4.57. The fraction of sp³-hybridized carbons (Fsp3) is 0.353. The van der Waals surface area contributed by atoms with E-state index in [9.17, 15) is 18.0 Å². The zero-order valence-electron chi connectivity index (χ0n) is 14.2. The maximum atomic E-state index is 13.4. The fourth-order valence-electron chi connectivity index (χ4n) is 3.76. The molecule has 5 rings (SSSR count). The van der Waals surface area contributed by atoms with E-state index in [1.165, 1.54) is 18.3 Å². The van der Waals surface area contributed by atoms with E-state index in [4.69, 9.17) is 4.74 Å². The lowest BCUT2D eigenvalue weighted by Gasteiger charge is -2.26. The summed E-state index contributed by atoms with van der Waals surface area (Å²) < 4.78 is 47.2. The number of nitrogens with one attached hydrogen (secondary N) is 1. The molecule has 2 atom stereocenters. The van der Waals surface area contributed by atoms with Crippen molar-refractivity contribution in [2.24, 2.45) is 0 Å². The van der Waals surface area contributed by atoms with E-state index in [0.717, 1.165) is 17.2 Å². The van der Waals surface area contributed by atoms with Gasteiger partial charge in [0.2, 0.25) is 5.95 Å². The average Bonchev–Trinajstić information content (AvgIpc) is 3.35. The fourth-order valence-corrected chi connectivity index (χ4v) is 4.12. The molecule has 0 spiro atoms. The normalized spacial score (nSPS) is 21.8. The van der Waals surface area contributed by atoms with Gasteiger partial charge in [0.25, 0.3) is 5.56 Å². The summed E-state index contributed by atoms with van der Waals surface area (Å²) in [6.45, 7) is 1.18. The summed E-state index contributed by atoms with van der Waals surface area (Å²) in [7, 11) is 0. The maximum Gasteiger partial charge on any atom is 0.418 e. The Kier molecular flexibility index (Phi) is 3.82. The lowest BCUT2D eigenvalue weighted by atomic mass is 10.1. The number of rotatable bonds is 2. The topological polar surface area (TPSA) is 76.0 Å². The van der Waals surface area contributed by atoms with Crippen molar-refractivity contribution < 1.29 is 17.9 Å². The molecule has 2 aromatic heterocycles. The lowest BCUT2D eigenvalue weighted by molar-refractivity contribution is -0.137. The van der Waals surface area contributed by atoms with Crippen LogP contribution in [0.5, 0.6) is 0 Å². The molecule has 2 bridgehead atoms. The highest BCUT2D eigenvalue weighted by atomic mass is 79.9. The molecular formula is C17H13BrF3N5O2. The molecule has 28 heavy (non-hydrogen) atoms. The molecule has 2 aliphatic heterocycles. The zero-order valence-corrected chi connectivity index (χ0v) is 15.8. The first-order valence-corrected chi connectivity index (χ1v) is 9.34. The predicted octanol–water partition coefficient (Wildman–Crippen LogP) is 2.87. The van der Waals surface area contributed by atoms with E-state index in [0.29, 0.717) is 23.6 Å². The van der Waals surface area contributed by atoms with Crippen LogP contribution in [-0.4, -0.2) is 45.0 Å². The minimum absolute atomic E-state index is 0.0958. The second-order valence-electron chi connectivity index (χ2n) is 6.86. The number of H-pyrrole nitrogens is 1. The standard InChI is InChI=1S/C17H13BrF3N5O2/c18-8-1-2-13(12(3-8)17(19,20)21)26-6-11-14(24-26)22-16(23-15(11)27)25-5-10-4-9(25)7-28-10/h1-3,6,9-10H,4-5,7H2,(H,22,23,24,27)/t9-,10-/m0/s1. The predicted molar refractivity (Wildman–Crippen MR) is 97.7 cm³/mol. The van der Waals surface area contributed by atoms with Gasteiger partial charge in [-0.25, -0.2) is 4.68 Å². The summed E-state index contributed by atoms with van der Waals surface area (Å²) in [6.07, 6.45) is -2.33. The molecule has 2 fully saturated rings. The van der Waals surface area contributed by atoms with Crippen molar-refractivity contribution in [3.63, 3.8) is 0 Å². The smallest absolute Gasteiger partial charge is 0.374 e. The first-order chi connectivity index (χ1) is 13.3. The summed E-state index contributed by atoms with van der Waals surface area (Å²) in [6, 6.07) is 3.90. The molecule has 0 aliphatic carbocycles. The third-order valence-corrected chi connectivity index (χ3v) is 5.55. The second-order valence-corrected chi connectivity index (χ2v) is 7.77. The highest BCUT2D eigenvalue weighted by Crippen LogP contribution is 2.36. The van der Waals surface area contributed by atoms with Crippen molar-refractivity contribution in [3.05, 3.63) is 44.8 Å². The van der Waals surface area contributed by atoms with Crippen LogP contribution in [0.4, 0.5) is 19.1 Å². The van der Waals surface area contributed by atoms with Gasteiger partial charge < -0.3 is 9.64 Å². The molecule has 2 aliphatic rings. The van der Waals surface area contributed by atoms with Gasteiger partial charge in [0.05, 0.1) is 30.0 Å². The van der Waals surface area contributed by atoms with Crippen LogP contribution in [0.25, 0.3) is 16.7 Å². The van der Waals surface area contributed by atoms with Gasteiger partial charge in [-0.3, -0.25) is 9.78 Å². The Morgan fingerprint density at radius 3 is 2.82 bits per heavy atom. The third-order valence-electron chi connectivity index (χ3n) is 5.06. The Hall–Kier alpha value is -2.40. The van der Waals surface area contributed by atoms with E-state index < -0.39 is 17.3 Å². The summed E-state index contributed by atoms with van der Waals surface area (Å²) in [5.41, 5.74) is -1.39. The zero-order chi connectivity index (χ0) is 19.6. The number of anilines is 1. The molecule has 3 aromatic rings. The van der Waals surface area contributed by atoms with Gasteiger partial charge in [0.15, 0.2) is 5.65 Å². The summed E-state index contributed by atoms with van der Waals surface area (Å²) in [5, 5.41) is 4.28. The van der Waals surface area contributed by atoms with E-state index in [2.05, 4.69) is 31.0 Å². The summed E-state index contributed by atoms with van der Waals surface area (Å²) in [5.74, 6) is 0.366. The Bertz CT molecular complexity index is 1140. The Morgan fingerprint density at radius 1 is 1.32 bits per heavy atom. The molecular weight excluding hydrogens is 443 g/mol. The van der Waals surface area contributed by atoms with E-state index in [-0.39, 0.29) is 28.9 Å². The first kappa shape index (κ1) is 17.7. The van der Waals surface area contributed by atoms with Crippen LogP contribution in [0.2, 0.25) is 0 Å². The van der Waals surface area contributed by atoms with Crippen LogP contribution >= 0.6 is 15.9 Å². The largest absolute Gasteiger partial charge is 0.418 e. The number of hydrogen-bond acceptors (Lipinski definition) is 5. The molecule has 0 unspecified atom stereocenters. The molecule has 2 saturated heterocycles. The molecule has 11 heteroatoms. The molecule has 4 heterocycles. The lowest BCUT2D eigenvalue weighted by Crippen LogP contribution is -2.38. The molecule has 0 saturated carbocycles. The van der Waals surface area contributed by atoms with Gasteiger partial charge in [0, 0.05) is 17.2 Å². The second kappa shape index (κ2) is 6.05. The first-order valence-electron chi connectivity index (χ1n) is 8.54. The van der Waals surface area contributed by atoms with Gasteiger partial charge in [-0.2, -0.15) is 18.2 Å². The Labute approximate surface area is 164 Å². The van der Waals surface area contributed by atoms with E-state index >= 15 is 0 Å². The highest BCUT2D eigenvalue weighted by molar-refractivity contribution is 9.10. The average molecular weight is 456 g/mol. The molecule has 7 nitrogen and oxygen atoms in total. The van der Waals surface area contributed by atoms with E-state index in [1.807, 2.05) is 4.90 Å². The number of hydrogen-bond donors (Lipinski definition) is 1. The maximum absolute atomic E-state index is 13.4. The van der Waals surface area contributed by atoms with Crippen LogP contribution in [-0.2, 0) is 10.9 Å².